The van der Waals surface area contributed by atoms with Gasteiger partial charge in [0.15, 0.2) is 0 Å². The zero-order chi connectivity index (χ0) is 17.0. The van der Waals surface area contributed by atoms with E-state index in [0.29, 0.717) is 21.2 Å². The Kier molecular flexibility index (Phi) is 3.44. The molecule has 0 unspecified atom stereocenters. The average Bonchev–Trinajstić information content (AvgIpc) is 3.24. The number of hydrogen-bond acceptors (Lipinski definition) is 2. The monoisotopic (exact) mass is 362 g/mol. The highest BCUT2D eigenvalue weighted by molar-refractivity contribution is 6.41. The van der Waals surface area contributed by atoms with Crippen LogP contribution in [0.15, 0.2) is 41.6 Å². The van der Waals surface area contributed by atoms with Crippen molar-refractivity contribution in [2.75, 3.05) is 0 Å². The van der Waals surface area contributed by atoms with Crippen LogP contribution in [0.25, 0.3) is 16.6 Å². The smallest absolute Gasteiger partial charge is 0.341 e. The van der Waals surface area contributed by atoms with Gasteiger partial charge in [0.2, 0.25) is 5.43 Å². The average molecular weight is 363 g/mol. The first-order valence-corrected chi connectivity index (χ1v) is 8.18. The highest BCUT2D eigenvalue weighted by Gasteiger charge is 2.29. The fourth-order valence-corrected chi connectivity index (χ4v) is 3.69. The Hall–Kier alpha value is -2.24. The minimum atomic E-state index is -1.25. The normalized spacial score (nSPS) is 14.2. The minimum absolute atomic E-state index is 0.155. The number of halogens is 2. The molecule has 7 heteroatoms. The van der Waals surface area contributed by atoms with Crippen molar-refractivity contribution in [3.8, 4) is 5.69 Å². The van der Waals surface area contributed by atoms with Crippen molar-refractivity contribution in [3.63, 3.8) is 0 Å². The number of hydrogen-bond donors (Lipinski definition) is 1. The molecule has 0 bridgehead atoms. The number of pyridine rings is 1. The molecule has 1 aromatic carbocycles. The van der Waals surface area contributed by atoms with Gasteiger partial charge in [-0.2, -0.15) is 0 Å². The summed E-state index contributed by atoms with van der Waals surface area (Å²) in [6.07, 6.45) is 6.86. The second kappa shape index (κ2) is 5.40. The second-order valence-electron chi connectivity index (χ2n) is 5.82. The summed E-state index contributed by atoms with van der Waals surface area (Å²) in [4.78, 5) is 23.9. The molecule has 0 aliphatic heterocycles. The minimum Gasteiger partial charge on any atom is -0.477 e. The third-order valence-corrected chi connectivity index (χ3v) is 4.86. The third kappa shape index (κ3) is 2.24. The number of carbonyl (C=O) groups is 1. The molecule has 4 rings (SSSR count). The van der Waals surface area contributed by atoms with Crippen LogP contribution in [-0.4, -0.2) is 20.2 Å². The van der Waals surface area contributed by atoms with E-state index in [2.05, 4.69) is 0 Å². The van der Waals surface area contributed by atoms with E-state index in [0.717, 1.165) is 12.8 Å². The van der Waals surface area contributed by atoms with Gasteiger partial charge in [-0.3, -0.25) is 4.79 Å². The molecule has 0 spiro atoms. The first kappa shape index (κ1) is 15.3. The molecule has 0 radical (unpaired) electrons. The van der Waals surface area contributed by atoms with Crippen LogP contribution in [-0.2, 0) is 0 Å². The van der Waals surface area contributed by atoms with Gasteiger partial charge in [-0.1, -0.05) is 23.2 Å². The third-order valence-electron chi connectivity index (χ3n) is 4.22. The van der Waals surface area contributed by atoms with Crippen LogP contribution >= 0.6 is 23.2 Å². The molecule has 1 fully saturated rings. The van der Waals surface area contributed by atoms with E-state index < -0.39 is 11.4 Å². The van der Waals surface area contributed by atoms with Crippen molar-refractivity contribution >= 4 is 40.1 Å². The number of carboxylic acids is 1. The Balaban J connectivity index is 2.15. The Morgan fingerprint density at radius 1 is 1.21 bits per heavy atom. The number of carboxylic acid groups (broad SMARTS) is 1. The fourth-order valence-electron chi connectivity index (χ4n) is 2.94. The first-order chi connectivity index (χ1) is 11.5. The number of nitrogens with zero attached hydrogens (tertiary/aromatic N) is 2. The van der Waals surface area contributed by atoms with Gasteiger partial charge in [0.05, 0.1) is 21.2 Å². The lowest BCUT2D eigenvalue weighted by Gasteiger charge is -2.17. The summed E-state index contributed by atoms with van der Waals surface area (Å²) in [6, 6.07) is 5.35. The topological polar surface area (TPSA) is 64.2 Å². The lowest BCUT2D eigenvalue weighted by molar-refractivity contribution is 0.0695. The van der Waals surface area contributed by atoms with Gasteiger partial charge in [0, 0.05) is 30.0 Å². The van der Waals surface area contributed by atoms with Crippen molar-refractivity contribution < 1.29 is 9.90 Å². The lowest BCUT2D eigenvalue weighted by Crippen LogP contribution is -2.19. The van der Waals surface area contributed by atoms with Crippen molar-refractivity contribution in [2.24, 2.45) is 0 Å². The maximum absolute atomic E-state index is 12.5. The number of aromatic nitrogens is 2. The second-order valence-corrected chi connectivity index (χ2v) is 6.61. The molecule has 1 aliphatic rings. The molecule has 24 heavy (non-hydrogen) atoms. The van der Waals surface area contributed by atoms with Crippen LogP contribution in [0, 0.1) is 0 Å². The summed E-state index contributed by atoms with van der Waals surface area (Å²) < 4.78 is 3.57. The van der Waals surface area contributed by atoms with Crippen molar-refractivity contribution in [1.82, 2.24) is 9.13 Å². The number of benzene rings is 1. The molecule has 5 nitrogen and oxygen atoms in total. The molecule has 1 aliphatic carbocycles. The highest BCUT2D eigenvalue weighted by Crippen LogP contribution is 2.41. The van der Waals surface area contributed by atoms with Crippen LogP contribution in [0.4, 0.5) is 0 Å². The van der Waals surface area contributed by atoms with E-state index in [9.17, 15) is 14.7 Å². The Labute approximate surface area is 146 Å². The zero-order valence-electron chi connectivity index (χ0n) is 12.4. The molecule has 1 N–H and O–H groups in total. The molecule has 0 amide bonds. The summed E-state index contributed by atoms with van der Waals surface area (Å²) in [7, 11) is 0. The van der Waals surface area contributed by atoms with Gasteiger partial charge in [-0.05, 0) is 31.0 Å². The van der Waals surface area contributed by atoms with Crippen molar-refractivity contribution in [3.05, 3.63) is 62.6 Å². The largest absolute Gasteiger partial charge is 0.477 e. The maximum Gasteiger partial charge on any atom is 0.341 e. The van der Waals surface area contributed by atoms with E-state index in [-0.39, 0.29) is 17.0 Å². The standard InChI is InChI=1S/C17H12Cl2N2O3/c18-12-7-10-14(13(19)15(12)20-5-1-2-6-20)21(9-3-4-9)8-11(16(10)22)17(23)24/h1-2,5-9H,3-4H2,(H,23,24). The molecule has 3 aromatic rings. The van der Waals surface area contributed by atoms with E-state index in [1.165, 1.54) is 12.3 Å². The van der Waals surface area contributed by atoms with Crippen LogP contribution in [0.1, 0.15) is 29.2 Å². The summed E-state index contributed by atoms with van der Waals surface area (Å²) in [5.41, 5.74) is 0.266. The summed E-state index contributed by atoms with van der Waals surface area (Å²) in [6.45, 7) is 0. The lowest BCUT2D eigenvalue weighted by atomic mass is 10.1. The summed E-state index contributed by atoms with van der Waals surface area (Å²) in [5, 5.41) is 10.2. The van der Waals surface area contributed by atoms with Crippen LogP contribution in [0.3, 0.4) is 0 Å². The molecular formula is C17H12Cl2N2O3. The predicted octanol–water partition coefficient (Wildman–Crippen LogP) is 4.13. The van der Waals surface area contributed by atoms with Crippen molar-refractivity contribution in [2.45, 2.75) is 18.9 Å². The number of rotatable bonds is 3. The number of aromatic carboxylic acids is 1. The molecule has 0 saturated heterocycles. The Morgan fingerprint density at radius 2 is 1.88 bits per heavy atom. The molecule has 0 atom stereocenters. The van der Waals surface area contributed by atoms with Crippen LogP contribution in [0.2, 0.25) is 10.0 Å². The predicted molar refractivity (Wildman–Crippen MR) is 92.8 cm³/mol. The van der Waals surface area contributed by atoms with Gasteiger partial charge in [0.25, 0.3) is 0 Å². The van der Waals surface area contributed by atoms with Crippen LogP contribution < -0.4 is 5.43 Å². The highest BCUT2D eigenvalue weighted by atomic mass is 35.5. The quantitative estimate of drug-likeness (QED) is 0.761. The summed E-state index contributed by atoms with van der Waals surface area (Å²) >= 11 is 13.0. The Bertz CT molecular complexity index is 1030. The molecular weight excluding hydrogens is 351 g/mol. The maximum atomic E-state index is 12.5. The van der Waals surface area contributed by atoms with Gasteiger partial charge >= 0.3 is 5.97 Å². The van der Waals surface area contributed by atoms with E-state index in [1.54, 1.807) is 9.13 Å². The van der Waals surface area contributed by atoms with Gasteiger partial charge < -0.3 is 14.2 Å². The molecule has 1 saturated carbocycles. The number of fused-ring (bicyclic) bond motifs is 1. The molecule has 2 heterocycles. The molecule has 122 valence electrons. The van der Waals surface area contributed by atoms with Gasteiger partial charge in [-0.25, -0.2) is 4.79 Å². The van der Waals surface area contributed by atoms with E-state index in [1.807, 2.05) is 24.5 Å². The molecule has 2 aromatic heterocycles. The van der Waals surface area contributed by atoms with Gasteiger partial charge in [-0.15, -0.1) is 0 Å². The Morgan fingerprint density at radius 3 is 2.46 bits per heavy atom. The van der Waals surface area contributed by atoms with Crippen molar-refractivity contribution in [1.29, 1.82) is 0 Å². The fraction of sp³-hybridized carbons (Fsp3) is 0.176. The zero-order valence-corrected chi connectivity index (χ0v) is 13.9. The van der Waals surface area contributed by atoms with Crippen LogP contribution in [0.5, 0.6) is 0 Å². The van der Waals surface area contributed by atoms with E-state index >= 15 is 0 Å². The SMILES string of the molecule is O=C(O)c1cn(C2CC2)c2c(Cl)c(-n3cccc3)c(Cl)cc2c1=O. The van der Waals surface area contributed by atoms with E-state index in [4.69, 9.17) is 23.2 Å². The first-order valence-electron chi connectivity index (χ1n) is 7.42. The summed E-state index contributed by atoms with van der Waals surface area (Å²) in [5.74, 6) is -1.25. The van der Waals surface area contributed by atoms with Gasteiger partial charge in [0.1, 0.15) is 5.56 Å².